The molecule has 2 heterocycles. The first kappa shape index (κ1) is 11.7. The average molecular weight is 273 g/mol. The predicted molar refractivity (Wildman–Crippen MR) is 69.6 cm³/mol. The van der Waals surface area contributed by atoms with Gasteiger partial charge in [0.1, 0.15) is 24.8 Å². The molecule has 0 bridgehead atoms. The van der Waals surface area contributed by atoms with Gasteiger partial charge in [-0.25, -0.2) is 14.6 Å². The van der Waals surface area contributed by atoms with Crippen LogP contribution in [0.4, 0.5) is 0 Å². The van der Waals surface area contributed by atoms with Crippen molar-refractivity contribution in [2.24, 2.45) is 7.05 Å². The number of hydrogen-bond donors (Lipinski definition) is 0. The van der Waals surface area contributed by atoms with Crippen molar-refractivity contribution >= 4 is 22.6 Å². The lowest BCUT2D eigenvalue weighted by Gasteiger charge is -2.01. The topological polar surface area (TPSA) is 72.3 Å². The Bertz CT molecular complexity index is 794. The van der Waals surface area contributed by atoms with Gasteiger partial charge in [-0.1, -0.05) is 11.6 Å². The number of fused-ring (bicyclic) bond motifs is 1. The molecule has 0 fully saturated rings. The van der Waals surface area contributed by atoms with Crippen molar-refractivity contribution in [2.75, 3.05) is 0 Å². The van der Waals surface area contributed by atoms with Gasteiger partial charge in [0.05, 0.1) is 11.0 Å². The molecule has 0 spiro atoms. The Morgan fingerprint density at radius 1 is 1.42 bits per heavy atom. The third kappa shape index (κ3) is 2.04. The first-order chi connectivity index (χ1) is 9.17. The van der Waals surface area contributed by atoms with Gasteiger partial charge in [0.25, 0.3) is 5.82 Å². The molecule has 0 unspecified atom stereocenters. The highest BCUT2D eigenvalue weighted by Crippen LogP contribution is 2.19. The van der Waals surface area contributed by atoms with E-state index in [9.17, 15) is 0 Å². The van der Waals surface area contributed by atoms with Crippen LogP contribution >= 0.6 is 11.6 Å². The first-order valence-electron chi connectivity index (χ1n) is 5.58. The maximum Gasteiger partial charge on any atom is 0.252 e. The molecule has 0 amide bonds. The second kappa shape index (κ2) is 4.37. The minimum Gasteiger partial charge on any atom is -0.330 e. The molecule has 94 valence electrons. The standard InChI is InChI=1S/C12H9ClN6/c1-18-10-3-2-8(13)4-9(10)16-12(18)6-19-7-15-11(5-14)17-19/h2-4,7H,6H2,1H3. The van der Waals surface area contributed by atoms with Crippen LogP contribution in [-0.4, -0.2) is 24.3 Å². The zero-order valence-corrected chi connectivity index (χ0v) is 10.8. The van der Waals surface area contributed by atoms with E-state index in [1.807, 2.05) is 35.9 Å². The van der Waals surface area contributed by atoms with Crippen molar-refractivity contribution in [2.45, 2.75) is 6.54 Å². The number of imidazole rings is 1. The molecule has 0 aliphatic heterocycles. The summed E-state index contributed by atoms with van der Waals surface area (Å²) in [5.41, 5.74) is 1.84. The number of benzene rings is 1. The average Bonchev–Trinajstić information content (AvgIpc) is 2.96. The highest BCUT2D eigenvalue weighted by atomic mass is 35.5. The van der Waals surface area contributed by atoms with E-state index in [1.165, 1.54) is 6.33 Å². The van der Waals surface area contributed by atoms with Crippen LogP contribution in [0.3, 0.4) is 0 Å². The summed E-state index contributed by atoms with van der Waals surface area (Å²) in [5.74, 6) is 0.980. The molecule has 6 nitrogen and oxygen atoms in total. The maximum absolute atomic E-state index is 8.69. The van der Waals surface area contributed by atoms with Gasteiger partial charge in [-0.15, -0.1) is 5.10 Å². The number of hydrogen-bond acceptors (Lipinski definition) is 4. The van der Waals surface area contributed by atoms with Crippen molar-refractivity contribution < 1.29 is 0 Å². The van der Waals surface area contributed by atoms with E-state index in [4.69, 9.17) is 16.9 Å². The van der Waals surface area contributed by atoms with E-state index in [0.29, 0.717) is 11.6 Å². The fraction of sp³-hybridized carbons (Fsp3) is 0.167. The number of nitriles is 1. The van der Waals surface area contributed by atoms with Gasteiger partial charge in [0.2, 0.25) is 0 Å². The van der Waals surface area contributed by atoms with Crippen LogP contribution in [0.1, 0.15) is 11.6 Å². The van der Waals surface area contributed by atoms with Gasteiger partial charge in [0.15, 0.2) is 0 Å². The summed E-state index contributed by atoms with van der Waals surface area (Å²) in [6.45, 7) is 0.456. The summed E-state index contributed by atoms with van der Waals surface area (Å²) >= 11 is 5.95. The van der Waals surface area contributed by atoms with Gasteiger partial charge in [-0.05, 0) is 18.2 Å². The molecule has 0 saturated carbocycles. The quantitative estimate of drug-likeness (QED) is 0.712. The number of aromatic nitrogens is 5. The lowest BCUT2D eigenvalue weighted by Crippen LogP contribution is -2.06. The summed E-state index contributed by atoms with van der Waals surface area (Å²) in [6, 6.07) is 7.47. The summed E-state index contributed by atoms with van der Waals surface area (Å²) in [5, 5.41) is 13.4. The summed E-state index contributed by atoms with van der Waals surface area (Å²) in [4.78, 5) is 8.37. The minimum atomic E-state index is 0.154. The Labute approximate surface area is 113 Å². The zero-order chi connectivity index (χ0) is 13.4. The van der Waals surface area contributed by atoms with Crippen molar-refractivity contribution in [3.05, 3.63) is 41.2 Å². The Morgan fingerprint density at radius 3 is 3.00 bits per heavy atom. The molecule has 3 aromatic rings. The van der Waals surface area contributed by atoms with Gasteiger partial charge in [-0.3, -0.25) is 0 Å². The molecule has 3 rings (SSSR count). The SMILES string of the molecule is Cn1c(Cn2cnc(C#N)n2)nc2cc(Cl)ccc21. The largest absolute Gasteiger partial charge is 0.330 e. The highest BCUT2D eigenvalue weighted by Gasteiger charge is 2.09. The molecular formula is C12H9ClN6. The first-order valence-corrected chi connectivity index (χ1v) is 5.95. The van der Waals surface area contributed by atoms with Crippen molar-refractivity contribution in [3.8, 4) is 6.07 Å². The zero-order valence-electron chi connectivity index (χ0n) is 10.1. The van der Waals surface area contributed by atoms with Crippen LogP contribution in [0.25, 0.3) is 11.0 Å². The molecular weight excluding hydrogens is 264 g/mol. The third-order valence-electron chi connectivity index (χ3n) is 2.88. The lowest BCUT2D eigenvalue weighted by atomic mass is 10.3. The molecule has 1 aromatic carbocycles. The van der Waals surface area contributed by atoms with Gasteiger partial charge < -0.3 is 4.57 Å². The highest BCUT2D eigenvalue weighted by molar-refractivity contribution is 6.31. The number of nitrogens with zero attached hydrogens (tertiary/aromatic N) is 6. The van der Waals surface area contributed by atoms with E-state index >= 15 is 0 Å². The van der Waals surface area contributed by atoms with E-state index < -0.39 is 0 Å². The normalized spacial score (nSPS) is 10.8. The van der Waals surface area contributed by atoms with Crippen molar-refractivity contribution in [1.82, 2.24) is 24.3 Å². The van der Waals surface area contributed by atoms with Crippen LogP contribution in [0.5, 0.6) is 0 Å². The Hall–Kier alpha value is -2.39. The summed E-state index contributed by atoms with van der Waals surface area (Å²) in [7, 11) is 1.93. The van der Waals surface area contributed by atoms with E-state index in [1.54, 1.807) is 4.68 Å². The Kier molecular flexibility index (Phi) is 2.69. The van der Waals surface area contributed by atoms with E-state index in [2.05, 4.69) is 15.1 Å². The molecule has 0 radical (unpaired) electrons. The van der Waals surface area contributed by atoms with Crippen molar-refractivity contribution in [3.63, 3.8) is 0 Å². The molecule has 0 aliphatic rings. The Morgan fingerprint density at radius 2 is 2.26 bits per heavy atom. The Balaban J connectivity index is 2.01. The number of aryl methyl sites for hydroxylation is 1. The van der Waals surface area contributed by atoms with Gasteiger partial charge >= 0.3 is 0 Å². The van der Waals surface area contributed by atoms with E-state index in [-0.39, 0.29) is 5.82 Å². The fourth-order valence-electron chi connectivity index (χ4n) is 1.93. The molecule has 0 atom stereocenters. The van der Waals surface area contributed by atoms with Crippen LogP contribution in [0, 0.1) is 11.3 Å². The summed E-state index contributed by atoms with van der Waals surface area (Å²) < 4.78 is 3.56. The molecule has 7 heteroatoms. The second-order valence-electron chi connectivity index (χ2n) is 4.10. The van der Waals surface area contributed by atoms with Crippen molar-refractivity contribution in [1.29, 1.82) is 5.26 Å². The van der Waals surface area contributed by atoms with Gasteiger partial charge in [0, 0.05) is 12.1 Å². The smallest absolute Gasteiger partial charge is 0.252 e. The predicted octanol–water partition coefficient (Wildman–Crippen LogP) is 1.74. The molecule has 0 N–H and O–H groups in total. The molecule has 0 aliphatic carbocycles. The second-order valence-corrected chi connectivity index (χ2v) is 4.53. The number of halogens is 1. The lowest BCUT2D eigenvalue weighted by molar-refractivity contribution is 0.633. The third-order valence-corrected chi connectivity index (χ3v) is 3.11. The maximum atomic E-state index is 8.69. The van der Waals surface area contributed by atoms with Crippen LogP contribution in [0.2, 0.25) is 5.02 Å². The molecule has 2 aromatic heterocycles. The molecule has 0 saturated heterocycles. The van der Waals surface area contributed by atoms with Gasteiger partial charge in [-0.2, -0.15) is 5.26 Å². The number of rotatable bonds is 2. The van der Waals surface area contributed by atoms with E-state index in [0.717, 1.165) is 16.9 Å². The molecule has 19 heavy (non-hydrogen) atoms. The fourth-order valence-corrected chi connectivity index (χ4v) is 2.10. The summed E-state index contributed by atoms with van der Waals surface area (Å²) in [6.07, 6.45) is 1.52. The van der Waals surface area contributed by atoms with Crippen LogP contribution in [-0.2, 0) is 13.6 Å². The monoisotopic (exact) mass is 272 g/mol. The van der Waals surface area contributed by atoms with Crippen LogP contribution in [0.15, 0.2) is 24.5 Å². The van der Waals surface area contributed by atoms with Crippen LogP contribution < -0.4 is 0 Å². The minimum absolute atomic E-state index is 0.154.